The lowest BCUT2D eigenvalue weighted by Crippen LogP contribution is -2.38. The second kappa shape index (κ2) is 9.19. The number of rotatable bonds is 6. The molecular formula is C18H17ClF3N3O4S. The number of nitrogens with zero attached hydrogens (tertiary/aromatic N) is 3. The molecule has 1 fully saturated rings. The Bertz CT molecular complexity index is 1000. The molecule has 12 heteroatoms. The summed E-state index contributed by atoms with van der Waals surface area (Å²) in [5.41, 5.74) is 1.39. The van der Waals surface area contributed by atoms with Crippen molar-refractivity contribution in [2.24, 2.45) is 5.16 Å². The zero-order valence-corrected chi connectivity index (χ0v) is 17.0. The molecule has 2 heterocycles. The minimum atomic E-state index is -4.84. The standard InChI is InChI=1S/C18H17ClF3N3O4S/c19-17-13(2-1-9-23-17)12-28-24-14-7-10-25(11-8-14)30(26,27)16-5-3-15(4-6-16)29-18(20,21)22/h1-6,9H,7-8,10-12H2. The average molecular weight is 464 g/mol. The maximum absolute atomic E-state index is 12.7. The molecule has 0 N–H and O–H groups in total. The SMILES string of the molecule is O=S(=O)(c1ccc(OC(F)(F)F)cc1)N1CCC(=NOCc2cccnc2Cl)CC1. The first-order valence-electron chi connectivity index (χ1n) is 8.78. The van der Waals surface area contributed by atoms with Crippen LogP contribution in [0.3, 0.4) is 0 Å². The van der Waals surface area contributed by atoms with Crippen LogP contribution >= 0.6 is 11.6 Å². The van der Waals surface area contributed by atoms with Crippen molar-refractivity contribution in [2.45, 2.75) is 30.7 Å². The van der Waals surface area contributed by atoms with Gasteiger partial charge >= 0.3 is 6.36 Å². The summed E-state index contributed by atoms with van der Waals surface area (Å²) in [6, 6.07) is 7.59. The van der Waals surface area contributed by atoms with Gasteiger partial charge in [0, 0.05) is 37.7 Å². The molecular weight excluding hydrogens is 447 g/mol. The van der Waals surface area contributed by atoms with Crippen molar-refractivity contribution in [3.8, 4) is 5.75 Å². The first-order valence-corrected chi connectivity index (χ1v) is 10.6. The van der Waals surface area contributed by atoms with Gasteiger partial charge in [0.15, 0.2) is 0 Å². The van der Waals surface area contributed by atoms with E-state index in [4.69, 9.17) is 16.4 Å². The summed E-state index contributed by atoms with van der Waals surface area (Å²) in [7, 11) is -3.84. The Kier molecular flexibility index (Phi) is 6.84. The third kappa shape index (κ3) is 5.83. The van der Waals surface area contributed by atoms with E-state index in [2.05, 4.69) is 14.9 Å². The highest BCUT2D eigenvalue weighted by atomic mass is 35.5. The minimum absolute atomic E-state index is 0.111. The molecule has 0 saturated carbocycles. The Morgan fingerprint density at radius 1 is 1.13 bits per heavy atom. The van der Waals surface area contributed by atoms with Crippen molar-refractivity contribution in [1.82, 2.24) is 9.29 Å². The highest BCUT2D eigenvalue weighted by molar-refractivity contribution is 7.89. The Morgan fingerprint density at radius 2 is 1.80 bits per heavy atom. The molecule has 0 bridgehead atoms. The summed E-state index contributed by atoms with van der Waals surface area (Å²) in [5.74, 6) is -0.486. The molecule has 30 heavy (non-hydrogen) atoms. The number of alkyl halides is 3. The quantitative estimate of drug-likeness (QED) is 0.478. The number of benzene rings is 1. The number of halogens is 4. The maximum Gasteiger partial charge on any atom is 0.573 e. The van der Waals surface area contributed by atoms with Crippen LogP contribution < -0.4 is 4.74 Å². The van der Waals surface area contributed by atoms with E-state index in [-0.39, 0.29) is 24.6 Å². The van der Waals surface area contributed by atoms with Crippen LogP contribution in [0.2, 0.25) is 5.15 Å². The molecule has 3 rings (SSSR count). The molecule has 1 aliphatic rings. The van der Waals surface area contributed by atoms with E-state index in [0.717, 1.165) is 24.3 Å². The van der Waals surface area contributed by atoms with Gasteiger partial charge < -0.3 is 9.57 Å². The topological polar surface area (TPSA) is 81.1 Å². The van der Waals surface area contributed by atoms with Gasteiger partial charge in [0.1, 0.15) is 17.5 Å². The maximum atomic E-state index is 12.7. The van der Waals surface area contributed by atoms with Gasteiger partial charge in [-0.1, -0.05) is 22.8 Å². The van der Waals surface area contributed by atoms with Crippen LogP contribution in [0.5, 0.6) is 5.75 Å². The van der Waals surface area contributed by atoms with Crippen molar-refractivity contribution in [1.29, 1.82) is 0 Å². The van der Waals surface area contributed by atoms with Crippen molar-refractivity contribution in [3.05, 3.63) is 53.3 Å². The molecule has 0 aliphatic carbocycles. The third-order valence-corrected chi connectivity index (χ3v) is 6.50. The summed E-state index contributed by atoms with van der Waals surface area (Å²) < 4.78 is 67.1. The Labute approximate surface area is 176 Å². The Hall–Kier alpha value is -2.37. The summed E-state index contributed by atoms with van der Waals surface area (Å²) in [6.07, 6.45) is -2.54. The van der Waals surface area contributed by atoms with E-state index in [1.807, 2.05) is 0 Å². The number of sulfonamides is 1. The van der Waals surface area contributed by atoms with Gasteiger partial charge in [0.05, 0.1) is 10.6 Å². The molecule has 0 amide bonds. The molecule has 1 aromatic carbocycles. The van der Waals surface area contributed by atoms with Gasteiger partial charge in [0.25, 0.3) is 0 Å². The summed E-state index contributed by atoms with van der Waals surface area (Å²) >= 11 is 5.94. The van der Waals surface area contributed by atoms with Crippen molar-refractivity contribution >= 4 is 27.3 Å². The van der Waals surface area contributed by atoms with E-state index < -0.39 is 22.1 Å². The summed E-state index contributed by atoms with van der Waals surface area (Å²) in [6.45, 7) is 0.502. The van der Waals surface area contributed by atoms with Gasteiger partial charge in [-0.2, -0.15) is 4.31 Å². The number of hydrogen-bond donors (Lipinski definition) is 0. The van der Waals surface area contributed by atoms with Crippen molar-refractivity contribution in [3.63, 3.8) is 0 Å². The van der Waals surface area contributed by atoms with E-state index >= 15 is 0 Å². The second-order valence-electron chi connectivity index (χ2n) is 6.31. The van der Waals surface area contributed by atoms with Crippen molar-refractivity contribution in [2.75, 3.05) is 13.1 Å². The first kappa shape index (κ1) is 22.3. The third-order valence-electron chi connectivity index (χ3n) is 4.24. The van der Waals surface area contributed by atoms with Gasteiger partial charge in [-0.3, -0.25) is 0 Å². The molecule has 0 atom stereocenters. The fraction of sp³-hybridized carbons (Fsp3) is 0.333. The minimum Gasteiger partial charge on any atom is -0.406 e. The average Bonchev–Trinajstić information content (AvgIpc) is 2.69. The zero-order valence-electron chi connectivity index (χ0n) is 15.5. The van der Waals surface area contributed by atoms with E-state index in [1.54, 1.807) is 18.3 Å². The summed E-state index contributed by atoms with van der Waals surface area (Å²) in [5, 5.41) is 4.36. The van der Waals surface area contributed by atoms with Crippen LogP contribution in [-0.2, 0) is 21.5 Å². The van der Waals surface area contributed by atoms with Crippen LogP contribution in [0, 0.1) is 0 Å². The highest BCUT2D eigenvalue weighted by Crippen LogP contribution is 2.26. The number of oxime groups is 1. The normalized spacial score (nSPS) is 15.7. The number of pyridine rings is 1. The number of piperidine rings is 1. The zero-order chi connectivity index (χ0) is 21.8. The molecule has 1 aromatic heterocycles. The molecule has 0 spiro atoms. The molecule has 7 nitrogen and oxygen atoms in total. The predicted octanol–water partition coefficient (Wildman–Crippen LogP) is 3.99. The molecule has 0 unspecified atom stereocenters. The van der Waals surface area contributed by atoms with Crippen LogP contribution in [0.4, 0.5) is 13.2 Å². The van der Waals surface area contributed by atoms with E-state index in [9.17, 15) is 21.6 Å². The molecule has 162 valence electrons. The van der Waals surface area contributed by atoms with E-state index in [1.165, 1.54) is 4.31 Å². The second-order valence-corrected chi connectivity index (χ2v) is 8.60. The lowest BCUT2D eigenvalue weighted by molar-refractivity contribution is -0.274. The largest absolute Gasteiger partial charge is 0.573 e. The van der Waals surface area contributed by atoms with Crippen LogP contribution in [0.15, 0.2) is 52.6 Å². The van der Waals surface area contributed by atoms with E-state index in [0.29, 0.717) is 29.3 Å². The van der Waals surface area contributed by atoms with Crippen LogP contribution in [0.25, 0.3) is 0 Å². The monoisotopic (exact) mass is 463 g/mol. The smallest absolute Gasteiger partial charge is 0.406 e. The molecule has 1 saturated heterocycles. The lowest BCUT2D eigenvalue weighted by Gasteiger charge is -2.26. The van der Waals surface area contributed by atoms with Gasteiger partial charge in [0.2, 0.25) is 10.0 Å². The highest BCUT2D eigenvalue weighted by Gasteiger charge is 2.32. The summed E-state index contributed by atoms with van der Waals surface area (Å²) in [4.78, 5) is 9.11. The number of ether oxygens (including phenoxy) is 1. The van der Waals surface area contributed by atoms with Crippen molar-refractivity contribution < 1.29 is 31.2 Å². The van der Waals surface area contributed by atoms with Gasteiger partial charge in [-0.25, -0.2) is 13.4 Å². The molecule has 0 radical (unpaired) electrons. The van der Waals surface area contributed by atoms with Crippen LogP contribution in [0.1, 0.15) is 18.4 Å². The Morgan fingerprint density at radius 3 is 2.40 bits per heavy atom. The first-order chi connectivity index (χ1) is 14.1. The predicted molar refractivity (Wildman–Crippen MR) is 103 cm³/mol. The number of hydrogen-bond acceptors (Lipinski definition) is 6. The fourth-order valence-electron chi connectivity index (χ4n) is 2.76. The number of aromatic nitrogens is 1. The van der Waals surface area contributed by atoms with Gasteiger partial charge in [-0.05, 0) is 30.3 Å². The van der Waals surface area contributed by atoms with Crippen LogP contribution in [-0.4, -0.2) is 42.9 Å². The molecule has 1 aliphatic heterocycles. The van der Waals surface area contributed by atoms with Gasteiger partial charge in [-0.15, -0.1) is 13.2 Å². The lowest BCUT2D eigenvalue weighted by atomic mass is 10.1. The molecule has 2 aromatic rings. The fourth-order valence-corrected chi connectivity index (χ4v) is 4.37. The Balaban J connectivity index is 1.56.